The Morgan fingerprint density at radius 3 is 2.59 bits per heavy atom. The fourth-order valence-corrected chi connectivity index (χ4v) is 4.48. The fraction of sp³-hybridized carbons (Fsp3) is 0.542. The lowest BCUT2D eigenvalue weighted by Gasteiger charge is -2.14. The third-order valence-corrected chi connectivity index (χ3v) is 6.14. The van der Waals surface area contributed by atoms with E-state index in [4.69, 9.17) is 26.4 Å². The zero-order valence-corrected chi connectivity index (χ0v) is 20.8. The molecule has 2 rings (SSSR count). The number of carbonyl (C=O) groups excluding carboxylic acids is 2. The van der Waals surface area contributed by atoms with Gasteiger partial charge in [0.2, 0.25) is 0 Å². The second-order valence-corrected chi connectivity index (χ2v) is 8.97. The Morgan fingerprint density at radius 1 is 1.06 bits per heavy atom. The molecule has 0 bridgehead atoms. The Kier molecular flexibility index (Phi) is 11.6. The van der Waals surface area contributed by atoms with Crippen LogP contribution in [0, 0.1) is 0 Å². The average Bonchev–Trinajstić information content (AvgIpc) is 3.02. The van der Waals surface area contributed by atoms with Gasteiger partial charge in [0.05, 0.1) is 24.7 Å². The van der Waals surface area contributed by atoms with Gasteiger partial charge in [0, 0.05) is 13.0 Å². The summed E-state index contributed by atoms with van der Waals surface area (Å²) < 4.78 is 17.1. The second-order valence-electron chi connectivity index (χ2n) is 7.29. The molecule has 1 aromatic rings. The van der Waals surface area contributed by atoms with Crippen molar-refractivity contribution >= 4 is 46.3 Å². The van der Waals surface area contributed by atoms with Crippen LogP contribution in [0.2, 0.25) is 0 Å². The first kappa shape index (κ1) is 26.2. The summed E-state index contributed by atoms with van der Waals surface area (Å²) in [4.78, 5) is 26.4. The summed E-state index contributed by atoms with van der Waals surface area (Å²) in [6.07, 6.45) is 7.16. The molecule has 32 heavy (non-hydrogen) atoms. The topological polar surface area (TPSA) is 65.1 Å². The highest BCUT2D eigenvalue weighted by Crippen LogP contribution is 2.35. The molecule has 0 spiro atoms. The van der Waals surface area contributed by atoms with Crippen molar-refractivity contribution in [1.29, 1.82) is 0 Å². The minimum atomic E-state index is -0.260. The normalized spacial score (nSPS) is 14.8. The van der Waals surface area contributed by atoms with Crippen molar-refractivity contribution in [2.45, 2.75) is 59.3 Å². The predicted octanol–water partition coefficient (Wildman–Crippen LogP) is 5.59. The van der Waals surface area contributed by atoms with E-state index in [-0.39, 0.29) is 18.3 Å². The smallest absolute Gasteiger partial charge is 0.305 e. The first-order valence-electron chi connectivity index (χ1n) is 11.3. The Labute approximate surface area is 200 Å². The first-order chi connectivity index (χ1) is 15.5. The molecule has 0 unspecified atom stereocenters. The number of hydrogen-bond donors (Lipinski definition) is 0. The molecular weight excluding hydrogens is 446 g/mol. The molecule has 0 aliphatic carbocycles. The van der Waals surface area contributed by atoms with Crippen LogP contribution >= 0.6 is 24.0 Å². The number of thioether (sulfide) groups is 1. The summed E-state index contributed by atoms with van der Waals surface area (Å²) in [6.45, 7) is 7.82. The van der Waals surface area contributed by atoms with Gasteiger partial charge in [0.15, 0.2) is 11.5 Å². The molecule has 1 aromatic carbocycles. The SMILES string of the molecule is CCCCCCOc1ccc(/C=C2\SC(=S)N(CCCC(=O)OCC)C2=O)cc1OCC. The minimum absolute atomic E-state index is 0.141. The van der Waals surface area contributed by atoms with Crippen molar-refractivity contribution in [3.8, 4) is 11.5 Å². The highest BCUT2D eigenvalue weighted by molar-refractivity contribution is 8.26. The Balaban J connectivity index is 2.02. The molecule has 1 amide bonds. The third kappa shape index (κ3) is 8.13. The zero-order chi connectivity index (χ0) is 23.3. The summed E-state index contributed by atoms with van der Waals surface area (Å²) in [5.74, 6) is 0.983. The van der Waals surface area contributed by atoms with E-state index in [0.717, 1.165) is 18.4 Å². The molecule has 1 fully saturated rings. The van der Waals surface area contributed by atoms with Crippen molar-refractivity contribution in [2.24, 2.45) is 0 Å². The number of ether oxygens (including phenoxy) is 3. The molecule has 6 nitrogen and oxygen atoms in total. The summed E-state index contributed by atoms with van der Waals surface area (Å²) in [5, 5.41) is 0. The number of rotatable bonds is 14. The summed E-state index contributed by atoms with van der Waals surface area (Å²) in [6, 6.07) is 5.69. The van der Waals surface area contributed by atoms with Gasteiger partial charge in [-0.15, -0.1) is 0 Å². The average molecular weight is 480 g/mol. The number of benzene rings is 1. The molecule has 0 atom stereocenters. The van der Waals surface area contributed by atoms with Gasteiger partial charge in [-0.25, -0.2) is 0 Å². The third-order valence-electron chi connectivity index (χ3n) is 4.76. The maximum Gasteiger partial charge on any atom is 0.305 e. The largest absolute Gasteiger partial charge is 0.490 e. The van der Waals surface area contributed by atoms with Crippen LogP contribution in [-0.4, -0.2) is 47.5 Å². The van der Waals surface area contributed by atoms with Gasteiger partial charge in [-0.3, -0.25) is 14.5 Å². The van der Waals surface area contributed by atoms with Crippen molar-refractivity contribution in [1.82, 2.24) is 4.90 Å². The number of unbranched alkanes of at least 4 members (excludes halogenated alkanes) is 3. The maximum atomic E-state index is 12.8. The van der Waals surface area contributed by atoms with E-state index in [1.807, 2.05) is 31.2 Å². The van der Waals surface area contributed by atoms with Gasteiger partial charge in [-0.1, -0.05) is 56.2 Å². The van der Waals surface area contributed by atoms with E-state index in [2.05, 4.69) is 6.92 Å². The number of thiocarbonyl (C=S) groups is 1. The Bertz CT molecular complexity index is 825. The standard InChI is InChI=1S/C24H33NO5S2/c1-4-7-8-9-15-30-19-13-12-18(16-20(19)28-5-2)17-21-23(27)25(24(31)32-21)14-10-11-22(26)29-6-3/h12-13,16-17H,4-11,14-15H2,1-3H3/b21-17-. The maximum absolute atomic E-state index is 12.8. The van der Waals surface area contributed by atoms with Gasteiger partial charge in [-0.05, 0) is 50.5 Å². The molecule has 8 heteroatoms. The van der Waals surface area contributed by atoms with Crippen LogP contribution in [-0.2, 0) is 14.3 Å². The van der Waals surface area contributed by atoms with E-state index in [1.165, 1.54) is 24.6 Å². The van der Waals surface area contributed by atoms with Crippen LogP contribution in [0.1, 0.15) is 64.9 Å². The van der Waals surface area contributed by atoms with Gasteiger partial charge in [0.1, 0.15) is 4.32 Å². The van der Waals surface area contributed by atoms with Crippen molar-refractivity contribution in [3.05, 3.63) is 28.7 Å². The molecule has 0 radical (unpaired) electrons. The molecule has 0 saturated carbocycles. The van der Waals surface area contributed by atoms with Gasteiger partial charge >= 0.3 is 5.97 Å². The van der Waals surface area contributed by atoms with Crippen molar-refractivity contribution in [3.63, 3.8) is 0 Å². The monoisotopic (exact) mass is 479 g/mol. The number of esters is 1. The lowest BCUT2D eigenvalue weighted by Crippen LogP contribution is -2.29. The second kappa shape index (κ2) is 14.2. The van der Waals surface area contributed by atoms with Gasteiger partial charge in [-0.2, -0.15) is 0 Å². The Hall–Kier alpha value is -2.06. The highest BCUT2D eigenvalue weighted by atomic mass is 32.2. The fourth-order valence-electron chi connectivity index (χ4n) is 3.17. The molecule has 0 aromatic heterocycles. The van der Waals surface area contributed by atoms with Crippen LogP contribution in [0.5, 0.6) is 11.5 Å². The van der Waals surface area contributed by atoms with E-state index in [0.29, 0.717) is 53.5 Å². The number of amides is 1. The molecule has 176 valence electrons. The van der Waals surface area contributed by atoms with Gasteiger partial charge in [0.25, 0.3) is 5.91 Å². The highest BCUT2D eigenvalue weighted by Gasteiger charge is 2.31. The molecule has 0 N–H and O–H groups in total. The minimum Gasteiger partial charge on any atom is -0.490 e. The van der Waals surface area contributed by atoms with E-state index < -0.39 is 0 Å². The molecule has 1 aliphatic heterocycles. The van der Waals surface area contributed by atoms with E-state index >= 15 is 0 Å². The summed E-state index contributed by atoms with van der Waals surface area (Å²) in [5.41, 5.74) is 0.846. The lowest BCUT2D eigenvalue weighted by molar-refractivity contribution is -0.143. The number of carbonyl (C=O) groups is 2. The Morgan fingerprint density at radius 2 is 1.88 bits per heavy atom. The van der Waals surface area contributed by atoms with Crippen LogP contribution in [0.15, 0.2) is 23.1 Å². The lowest BCUT2D eigenvalue weighted by atomic mass is 10.1. The molecule has 1 saturated heterocycles. The van der Waals surface area contributed by atoms with Crippen molar-refractivity contribution in [2.75, 3.05) is 26.4 Å². The van der Waals surface area contributed by atoms with Crippen LogP contribution in [0.25, 0.3) is 6.08 Å². The first-order valence-corrected chi connectivity index (χ1v) is 12.5. The number of hydrogen-bond acceptors (Lipinski definition) is 7. The van der Waals surface area contributed by atoms with Crippen LogP contribution in [0.4, 0.5) is 0 Å². The summed E-state index contributed by atoms with van der Waals surface area (Å²) >= 11 is 6.64. The summed E-state index contributed by atoms with van der Waals surface area (Å²) in [7, 11) is 0. The molecular formula is C24H33NO5S2. The van der Waals surface area contributed by atoms with Gasteiger partial charge < -0.3 is 14.2 Å². The zero-order valence-electron chi connectivity index (χ0n) is 19.2. The van der Waals surface area contributed by atoms with Crippen LogP contribution < -0.4 is 9.47 Å². The van der Waals surface area contributed by atoms with Crippen molar-refractivity contribution < 1.29 is 23.8 Å². The molecule has 1 heterocycles. The molecule has 1 aliphatic rings. The number of nitrogens with zero attached hydrogens (tertiary/aromatic N) is 1. The predicted molar refractivity (Wildman–Crippen MR) is 133 cm³/mol. The quantitative estimate of drug-likeness (QED) is 0.149. The van der Waals surface area contributed by atoms with Crippen LogP contribution in [0.3, 0.4) is 0 Å². The van der Waals surface area contributed by atoms with E-state index in [9.17, 15) is 9.59 Å². The van der Waals surface area contributed by atoms with E-state index in [1.54, 1.807) is 11.8 Å².